The zero-order valence-electron chi connectivity index (χ0n) is 31.3. The monoisotopic (exact) mass is 928 g/mol. The van der Waals surface area contributed by atoms with E-state index in [2.05, 4.69) is 40.3 Å². The number of aromatic nitrogens is 3. The summed E-state index contributed by atoms with van der Waals surface area (Å²) in [6.45, 7) is 0. The second-order valence-electron chi connectivity index (χ2n) is 10.8. The Hall–Kier alpha value is -0.540. The SMILES string of the molecule is O=C([O-])c1cccc(Nc2nc(Nc3ccc4c(S(=O)(=O)[O-])cc(SOO[O-])cc4c3)nc(Nc3ccc4c(S(=O)(=O)[O-])cc(S(=O)(=O)[O-])cc4c3)n2)c1.[Na+].[Na+].[Na+].[Na+].[Na+]. The van der Waals surface area contributed by atoms with E-state index in [4.69, 9.17) is 0 Å². The largest absolute Gasteiger partial charge is 1.00 e. The molecule has 280 valence electrons. The first-order valence-corrected chi connectivity index (χ1v) is 19.4. The molecule has 0 unspecified atom stereocenters. The minimum Gasteiger partial charge on any atom is -0.744 e. The van der Waals surface area contributed by atoms with E-state index in [0.717, 1.165) is 12.1 Å². The van der Waals surface area contributed by atoms with E-state index in [9.17, 15) is 54.1 Å². The van der Waals surface area contributed by atoms with Crippen molar-refractivity contribution >= 4 is 105 Å². The Balaban J connectivity index is 0.00000348. The van der Waals surface area contributed by atoms with Crippen molar-refractivity contribution in [2.24, 2.45) is 0 Å². The number of anilines is 6. The predicted octanol–water partition coefficient (Wildman–Crippen LogP) is -13.3. The third-order valence-electron chi connectivity index (χ3n) is 7.26. The number of carbonyl (C=O) groups excluding carboxylic acids is 1. The molecular weight excluding hydrogens is 912 g/mol. The Bertz CT molecular complexity index is 2850. The zero-order chi connectivity index (χ0) is 39.0. The molecular formula is C30H17N6Na5O14S4. The molecule has 0 aliphatic carbocycles. The molecule has 0 radical (unpaired) electrons. The minimum absolute atomic E-state index is 0. The number of carbonyl (C=O) groups is 1. The quantitative estimate of drug-likeness (QED) is 0.0318. The number of carboxylic acid groups (broad SMARTS) is 1. The molecule has 0 atom stereocenters. The van der Waals surface area contributed by atoms with Gasteiger partial charge in [-0.1, -0.05) is 24.3 Å². The van der Waals surface area contributed by atoms with E-state index in [0.29, 0.717) is 18.1 Å². The summed E-state index contributed by atoms with van der Waals surface area (Å²) in [6, 6.07) is 17.0. The van der Waals surface area contributed by atoms with E-state index >= 15 is 0 Å². The number of benzene rings is 5. The second kappa shape index (κ2) is 23.4. The summed E-state index contributed by atoms with van der Waals surface area (Å²) in [5.74, 6) is -2.05. The van der Waals surface area contributed by atoms with Gasteiger partial charge in [-0.05, 0) is 87.8 Å². The van der Waals surface area contributed by atoms with Crippen LogP contribution in [-0.4, -0.2) is 59.8 Å². The number of hydrogen-bond donors (Lipinski definition) is 3. The van der Waals surface area contributed by atoms with Gasteiger partial charge in [-0.3, -0.25) is 5.04 Å². The van der Waals surface area contributed by atoms with Gasteiger partial charge in [-0.2, -0.15) is 19.3 Å². The molecule has 5 aromatic carbocycles. The summed E-state index contributed by atoms with van der Waals surface area (Å²) < 4.78 is 111. The van der Waals surface area contributed by atoms with Crippen LogP contribution in [0.25, 0.3) is 21.5 Å². The van der Waals surface area contributed by atoms with Crippen LogP contribution in [0.4, 0.5) is 34.9 Å². The fourth-order valence-electron chi connectivity index (χ4n) is 5.09. The third-order valence-corrected chi connectivity index (χ3v) is 10.4. The van der Waals surface area contributed by atoms with Crippen molar-refractivity contribution < 1.29 is 211 Å². The van der Waals surface area contributed by atoms with Gasteiger partial charge in [0.1, 0.15) is 30.4 Å². The van der Waals surface area contributed by atoms with E-state index < -0.39 is 51.0 Å². The van der Waals surface area contributed by atoms with Crippen LogP contribution in [0.3, 0.4) is 0 Å². The van der Waals surface area contributed by atoms with Crippen LogP contribution in [-0.2, 0) is 39.7 Å². The Morgan fingerprint density at radius 2 is 1.03 bits per heavy atom. The number of nitrogens with one attached hydrogen (secondary N) is 3. The van der Waals surface area contributed by atoms with Gasteiger partial charge in [0.25, 0.3) is 0 Å². The van der Waals surface area contributed by atoms with Crippen molar-refractivity contribution in [2.75, 3.05) is 16.0 Å². The van der Waals surface area contributed by atoms with E-state index in [1.807, 2.05) is 0 Å². The molecule has 0 aliphatic heterocycles. The van der Waals surface area contributed by atoms with Gasteiger partial charge >= 0.3 is 148 Å². The molecule has 20 nitrogen and oxygen atoms in total. The summed E-state index contributed by atoms with van der Waals surface area (Å²) in [6.07, 6.45) is 0. The maximum Gasteiger partial charge on any atom is 1.00 e. The fraction of sp³-hybridized carbons (Fsp3) is 0. The molecule has 6 aromatic rings. The van der Waals surface area contributed by atoms with Crippen LogP contribution >= 0.6 is 12.0 Å². The number of nitrogens with zero attached hydrogens (tertiary/aromatic N) is 3. The van der Waals surface area contributed by atoms with Gasteiger partial charge in [0.15, 0.2) is 0 Å². The Morgan fingerprint density at radius 3 is 1.47 bits per heavy atom. The summed E-state index contributed by atoms with van der Waals surface area (Å²) in [5, 5.41) is 33.5. The molecule has 0 bridgehead atoms. The van der Waals surface area contributed by atoms with Crippen LogP contribution in [0.15, 0.2) is 105 Å². The number of fused-ring (bicyclic) bond motifs is 2. The van der Waals surface area contributed by atoms with Gasteiger partial charge in [0.2, 0.25) is 17.8 Å². The first-order valence-electron chi connectivity index (χ1n) is 14.4. The summed E-state index contributed by atoms with van der Waals surface area (Å²) >= 11 is 0.349. The van der Waals surface area contributed by atoms with E-state index in [1.165, 1.54) is 66.7 Å². The normalized spacial score (nSPS) is 11.1. The standard InChI is InChI=1S/C30H22N6O14S4.5Na/c37-27(38)15-2-1-3-18(8-15)31-28-34-29(32-19-4-6-23-16(9-19)11-21(51-50-49-39)13-25(23)53(43,44)45)36-30(35-28)33-20-5-7-24-17(10-20)12-22(52(40,41)42)14-26(24)54(46,47)48;;;;;/h1-14,39H,(H,37,38)(H,40,41,42)(H,43,44,45)(H,46,47,48)(H3,31,32,33,34,35,36);;;;;/q;5*+1/p-5. The topological polar surface area (TPSA) is 328 Å². The summed E-state index contributed by atoms with van der Waals surface area (Å²) in [5.41, 5.74) is 0.353. The average molecular weight is 929 g/mol. The van der Waals surface area contributed by atoms with Gasteiger partial charge in [0.05, 0.1) is 32.7 Å². The molecule has 6 rings (SSSR count). The van der Waals surface area contributed by atoms with Crippen LogP contribution in [0.2, 0.25) is 0 Å². The predicted molar refractivity (Wildman–Crippen MR) is 180 cm³/mol. The molecule has 59 heavy (non-hydrogen) atoms. The molecule has 0 saturated carbocycles. The average Bonchev–Trinajstić information content (AvgIpc) is 3.08. The molecule has 3 N–H and O–H groups in total. The number of hydrogen-bond acceptors (Lipinski definition) is 21. The van der Waals surface area contributed by atoms with Gasteiger partial charge in [-0.25, -0.2) is 25.3 Å². The van der Waals surface area contributed by atoms with Crippen molar-refractivity contribution in [2.45, 2.75) is 19.6 Å². The molecule has 1 heterocycles. The second-order valence-corrected chi connectivity index (χ2v) is 15.7. The Labute approximate surface area is 450 Å². The molecule has 0 spiro atoms. The maximum absolute atomic E-state index is 12.0. The molecule has 0 aliphatic rings. The molecule has 0 amide bonds. The summed E-state index contributed by atoms with van der Waals surface area (Å²) in [4.78, 5) is 21.8. The van der Waals surface area contributed by atoms with E-state index in [1.54, 1.807) is 0 Å². The summed E-state index contributed by atoms with van der Waals surface area (Å²) in [7, 11) is -15.4. The first kappa shape index (κ1) is 56.5. The van der Waals surface area contributed by atoms with Crippen molar-refractivity contribution in [1.82, 2.24) is 15.0 Å². The maximum atomic E-state index is 12.0. The van der Waals surface area contributed by atoms with Crippen molar-refractivity contribution in [3.63, 3.8) is 0 Å². The third kappa shape index (κ3) is 14.8. The van der Waals surface area contributed by atoms with Crippen LogP contribution in [0.5, 0.6) is 0 Å². The van der Waals surface area contributed by atoms with E-state index in [-0.39, 0.29) is 215 Å². The van der Waals surface area contributed by atoms with Crippen molar-refractivity contribution in [1.29, 1.82) is 0 Å². The zero-order valence-corrected chi connectivity index (χ0v) is 44.5. The molecule has 0 saturated heterocycles. The molecule has 0 fully saturated rings. The number of carboxylic acids is 1. The van der Waals surface area contributed by atoms with Crippen LogP contribution < -0.4 is 174 Å². The fourth-order valence-corrected chi connectivity index (χ4v) is 7.67. The Morgan fingerprint density at radius 1 is 0.576 bits per heavy atom. The first-order chi connectivity index (χ1) is 25.4. The smallest absolute Gasteiger partial charge is 0.744 e. The van der Waals surface area contributed by atoms with Gasteiger partial charge in [0, 0.05) is 22.0 Å². The van der Waals surface area contributed by atoms with Crippen molar-refractivity contribution in [3.05, 3.63) is 90.5 Å². The van der Waals surface area contributed by atoms with Gasteiger partial charge in [-0.15, -0.1) is 0 Å². The van der Waals surface area contributed by atoms with Gasteiger partial charge < -0.3 is 44.8 Å². The molecule has 1 aromatic heterocycles. The number of aromatic carboxylic acids is 1. The number of rotatable bonds is 13. The molecule has 29 heteroatoms. The minimum atomic E-state index is -5.23. The van der Waals surface area contributed by atoms with Crippen molar-refractivity contribution in [3.8, 4) is 0 Å². The van der Waals surface area contributed by atoms with Crippen LogP contribution in [0.1, 0.15) is 10.4 Å². The van der Waals surface area contributed by atoms with Crippen LogP contribution in [0, 0.1) is 0 Å². The Kier molecular flexibility index (Phi) is 22.4.